The first-order chi connectivity index (χ1) is 15.2. The van der Waals surface area contributed by atoms with Crippen molar-refractivity contribution in [2.24, 2.45) is 0 Å². The van der Waals surface area contributed by atoms with Crippen LogP contribution < -0.4 is 9.64 Å². The zero-order valence-corrected chi connectivity index (χ0v) is 18.1. The fraction of sp³-hybridized carbons (Fsp3) is 0.200. The number of likely N-dealkylation sites (N-methyl/N-ethyl adjacent to an activating group) is 1. The Labute approximate surface area is 185 Å². The molecule has 0 spiro atoms. The SMILES string of the molecule is CN(CC(=O)N1c2ccccc2OC[C@@H]1c1ccccc1)Cc1nc2ccccc2s1. The normalized spacial score (nSPS) is 15.7. The van der Waals surface area contributed by atoms with Gasteiger partial charge in [-0.05, 0) is 36.9 Å². The Morgan fingerprint density at radius 1 is 1.06 bits per heavy atom. The van der Waals surface area contributed by atoms with Gasteiger partial charge in [0, 0.05) is 0 Å². The van der Waals surface area contributed by atoms with Crippen LogP contribution in [-0.4, -0.2) is 36.0 Å². The van der Waals surface area contributed by atoms with Crippen molar-refractivity contribution in [2.45, 2.75) is 12.6 Å². The number of benzene rings is 3. The number of hydrogen-bond donors (Lipinski definition) is 0. The highest BCUT2D eigenvalue weighted by Gasteiger charge is 2.33. The predicted molar refractivity (Wildman–Crippen MR) is 125 cm³/mol. The Bertz CT molecular complexity index is 1170. The van der Waals surface area contributed by atoms with Gasteiger partial charge in [-0.2, -0.15) is 0 Å². The van der Waals surface area contributed by atoms with E-state index in [9.17, 15) is 4.79 Å². The van der Waals surface area contributed by atoms with E-state index >= 15 is 0 Å². The molecular formula is C25H23N3O2S. The van der Waals surface area contributed by atoms with Gasteiger partial charge in [-0.15, -0.1) is 11.3 Å². The molecule has 156 valence electrons. The zero-order valence-electron chi connectivity index (χ0n) is 17.3. The second-order valence-corrected chi connectivity index (χ2v) is 8.83. The van der Waals surface area contributed by atoms with Gasteiger partial charge in [-0.3, -0.25) is 14.6 Å². The molecule has 1 amide bonds. The van der Waals surface area contributed by atoms with Crippen molar-refractivity contribution in [1.82, 2.24) is 9.88 Å². The first-order valence-corrected chi connectivity index (χ1v) is 11.1. The van der Waals surface area contributed by atoms with Gasteiger partial charge in [-0.1, -0.05) is 54.6 Å². The lowest BCUT2D eigenvalue weighted by Crippen LogP contribution is -2.45. The molecule has 0 radical (unpaired) electrons. The average molecular weight is 430 g/mol. The first kappa shape index (κ1) is 19.7. The molecule has 0 bridgehead atoms. The summed E-state index contributed by atoms with van der Waals surface area (Å²) < 4.78 is 7.16. The predicted octanol–water partition coefficient (Wildman–Crippen LogP) is 4.90. The molecular weight excluding hydrogens is 406 g/mol. The summed E-state index contributed by atoms with van der Waals surface area (Å²) in [5, 5.41) is 1.01. The lowest BCUT2D eigenvalue weighted by molar-refractivity contribution is -0.120. The van der Waals surface area contributed by atoms with E-state index in [-0.39, 0.29) is 11.9 Å². The third-order valence-corrected chi connectivity index (χ3v) is 6.46. The standard InChI is InChI=1S/C25H23N3O2S/c1-27(15-24-26-19-11-5-8-14-23(19)31-24)16-25(29)28-20-12-6-7-13-22(20)30-17-21(28)18-9-3-2-4-10-18/h2-14,21H,15-17H2,1H3/t21-/m1/s1. The highest BCUT2D eigenvalue weighted by Crippen LogP contribution is 2.39. The molecule has 1 aromatic heterocycles. The number of thiazole rings is 1. The monoisotopic (exact) mass is 429 g/mol. The van der Waals surface area contributed by atoms with E-state index < -0.39 is 0 Å². The number of anilines is 1. The molecule has 0 saturated carbocycles. The van der Waals surface area contributed by atoms with E-state index in [1.807, 2.05) is 89.6 Å². The molecule has 1 aliphatic heterocycles. The topological polar surface area (TPSA) is 45.7 Å². The van der Waals surface area contributed by atoms with Gasteiger partial charge in [0.15, 0.2) is 0 Å². The largest absolute Gasteiger partial charge is 0.489 e. The Kier molecular flexibility index (Phi) is 5.40. The second kappa shape index (κ2) is 8.49. The van der Waals surface area contributed by atoms with Crippen molar-refractivity contribution < 1.29 is 9.53 Å². The fourth-order valence-electron chi connectivity index (χ4n) is 4.00. The number of rotatable bonds is 5. The number of carbonyl (C=O) groups is 1. The Hall–Kier alpha value is -3.22. The van der Waals surface area contributed by atoms with E-state index in [4.69, 9.17) is 9.72 Å². The Morgan fingerprint density at radius 3 is 2.65 bits per heavy atom. The maximum absolute atomic E-state index is 13.5. The smallest absolute Gasteiger partial charge is 0.241 e. The van der Waals surface area contributed by atoms with Crippen LogP contribution in [0.4, 0.5) is 5.69 Å². The minimum absolute atomic E-state index is 0.0493. The number of carbonyl (C=O) groups excluding carboxylic acids is 1. The summed E-state index contributed by atoms with van der Waals surface area (Å²) in [6.07, 6.45) is 0. The van der Waals surface area contributed by atoms with E-state index in [1.165, 1.54) is 4.70 Å². The number of aromatic nitrogens is 1. The Morgan fingerprint density at radius 2 is 1.81 bits per heavy atom. The molecule has 6 heteroatoms. The van der Waals surface area contributed by atoms with E-state index in [1.54, 1.807) is 11.3 Å². The summed E-state index contributed by atoms with van der Waals surface area (Å²) in [5.41, 5.74) is 2.90. The number of fused-ring (bicyclic) bond motifs is 2. The van der Waals surface area contributed by atoms with Gasteiger partial charge < -0.3 is 4.74 Å². The highest BCUT2D eigenvalue weighted by molar-refractivity contribution is 7.18. The molecule has 5 rings (SSSR count). The van der Waals surface area contributed by atoms with Gasteiger partial charge in [0.2, 0.25) is 5.91 Å². The number of nitrogens with zero attached hydrogens (tertiary/aromatic N) is 3. The molecule has 0 aliphatic carbocycles. The second-order valence-electron chi connectivity index (χ2n) is 7.72. The molecule has 0 unspecified atom stereocenters. The minimum atomic E-state index is -0.153. The van der Waals surface area contributed by atoms with Gasteiger partial charge in [-0.25, -0.2) is 4.98 Å². The van der Waals surface area contributed by atoms with Crippen molar-refractivity contribution in [2.75, 3.05) is 25.1 Å². The van der Waals surface area contributed by atoms with Gasteiger partial charge in [0.05, 0.1) is 35.0 Å². The zero-order chi connectivity index (χ0) is 21.2. The van der Waals surface area contributed by atoms with Crippen LogP contribution in [0.2, 0.25) is 0 Å². The van der Waals surface area contributed by atoms with Crippen LogP contribution in [-0.2, 0) is 11.3 Å². The van der Waals surface area contributed by atoms with Crippen molar-refractivity contribution >= 4 is 33.1 Å². The first-order valence-electron chi connectivity index (χ1n) is 10.3. The van der Waals surface area contributed by atoms with Gasteiger partial charge in [0.25, 0.3) is 0 Å². The summed E-state index contributed by atoms with van der Waals surface area (Å²) in [5.74, 6) is 0.796. The maximum atomic E-state index is 13.5. The van der Waals surface area contributed by atoms with Crippen molar-refractivity contribution in [3.05, 3.63) is 89.4 Å². The molecule has 31 heavy (non-hydrogen) atoms. The van der Waals surface area contributed by atoms with Crippen molar-refractivity contribution in [3.63, 3.8) is 0 Å². The molecule has 2 heterocycles. The molecule has 1 aliphatic rings. The summed E-state index contributed by atoms with van der Waals surface area (Å²) in [7, 11) is 1.97. The maximum Gasteiger partial charge on any atom is 0.241 e. The minimum Gasteiger partial charge on any atom is -0.489 e. The van der Waals surface area contributed by atoms with Gasteiger partial charge in [0.1, 0.15) is 17.4 Å². The molecule has 0 fully saturated rings. The molecule has 5 nitrogen and oxygen atoms in total. The number of hydrogen-bond acceptors (Lipinski definition) is 5. The van der Waals surface area contributed by atoms with Crippen LogP contribution in [0.5, 0.6) is 5.75 Å². The summed E-state index contributed by atoms with van der Waals surface area (Å²) in [6.45, 7) is 1.37. The van der Waals surface area contributed by atoms with Crippen molar-refractivity contribution in [1.29, 1.82) is 0 Å². The van der Waals surface area contributed by atoms with E-state index in [0.29, 0.717) is 19.7 Å². The molecule has 0 saturated heterocycles. The van der Waals surface area contributed by atoms with Crippen LogP contribution in [0.25, 0.3) is 10.2 Å². The quantitative estimate of drug-likeness (QED) is 0.453. The third kappa shape index (κ3) is 4.04. The fourth-order valence-corrected chi connectivity index (χ4v) is 5.05. The number of ether oxygens (including phenoxy) is 1. The van der Waals surface area contributed by atoms with E-state index in [2.05, 4.69) is 6.07 Å². The number of amides is 1. The Balaban J connectivity index is 1.38. The highest BCUT2D eigenvalue weighted by atomic mass is 32.1. The molecule has 3 aromatic carbocycles. The lowest BCUT2D eigenvalue weighted by Gasteiger charge is -2.38. The molecule has 4 aromatic rings. The summed E-state index contributed by atoms with van der Waals surface area (Å²) in [4.78, 5) is 22.2. The van der Waals surface area contributed by atoms with Crippen LogP contribution in [0.3, 0.4) is 0 Å². The lowest BCUT2D eigenvalue weighted by atomic mass is 10.0. The summed E-state index contributed by atoms with van der Waals surface area (Å²) in [6, 6.07) is 25.8. The van der Waals surface area contributed by atoms with Gasteiger partial charge >= 0.3 is 0 Å². The van der Waals surface area contributed by atoms with E-state index in [0.717, 1.165) is 27.5 Å². The van der Waals surface area contributed by atoms with Crippen LogP contribution >= 0.6 is 11.3 Å². The average Bonchev–Trinajstić information content (AvgIpc) is 3.20. The van der Waals surface area contributed by atoms with Crippen LogP contribution in [0.15, 0.2) is 78.9 Å². The van der Waals surface area contributed by atoms with Crippen molar-refractivity contribution in [3.8, 4) is 5.75 Å². The van der Waals surface area contributed by atoms with Crippen LogP contribution in [0.1, 0.15) is 16.6 Å². The number of para-hydroxylation sites is 3. The third-order valence-electron chi connectivity index (χ3n) is 5.43. The molecule has 0 N–H and O–H groups in total. The summed E-state index contributed by atoms with van der Waals surface area (Å²) >= 11 is 1.68. The van der Waals surface area contributed by atoms with Crippen LogP contribution in [0, 0.1) is 0 Å². The molecule has 1 atom stereocenters.